The predicted octanol–water partition coefficient (Wildman–Crippen LogP) is 2.04. The van der Waals surface area contributed by atoms with Gasteiger partial charge in [0.25, 0.3) is 0 Å². The van der Waals surface area contributed by atoms with E-state index in [9.17, 15) is 9.59 Å². The largest absolute Gasteiger partial charge is 0.465 e. The molecule has 0 atom stereocenters. The fraction of sp³-hybridized carbons (Fsp3) is 0.412. The first kappa shape index (κ1) is 19.0. The van der Waals surface area contributed by atoms with Gasteiger partial charge in [-0.05, 0) is 20.8 Å². The van der Waals surface area contributed by atoms with Gasteiger partial charge in [-0.3, -0.25) is 9.59 Å². The van der Waals surface area contributed by atoms with Crippen LogP contribution in [0.25, 0.3) is 11.4 Å². The first-order valence-electron chi connectivity index (χ1n) is 8.10. The van der Waals surface area contributed by atoms with Crippen molar-refractivity contribution in [3.63, 3.8) is 0 Å². The van der Waals surface area contributed by atoms with Gasteiger partial charge in [0.1, 0.15) is 6.54 Å². The highest BCUT2D eigenvalue weighted by molar-refractivity contribution is 7.99. The van der Waals surface area contributed by atoms with Crippen molar-refractivity contribution < 1.29 is 14.3 Å². The normalized spacial score (nSPS) is 10.5. The van der Waals surface area contributed by atoms with Gasteiger partial charge in [0.2, 0.25) is 5.91 Å². The number of benzene rings is 1. The number of aryl methyl sites for hydroxylation is 1. The second-order valence-electron chi connectivity index (χ2n) is 5.29. The highest BCUT2D eigenvalue weighted by Gasteiger charge is 2.15. The standard InChI is InChI=1S/C17H22N4O3S/c1-4-21-16(13-8-6-12(3)7-9-13)19-20-17(21)25-11-14(22)18-10-15(23)24-5-2/h6-9H,4-5,10-11H2,1-3H3,(H,18,22). The fourth-order valence-electron chi connectivity index (χ4n) is 2.16. The molecule has 1 heterocycles. The Balaban J connectivity index is 1.97. The van der Waals surface area contributed by atoms with E-state index in [0.29, 0.717) is 18.3 Å². The summed E-state index contributed by atoms with van der Waals surface area (Å²) >= 11 is 1.29. The lowest BCUT2D eigenvalue weighted by atomic mass is 10.1. The number of nitrogens with zero attached hydrogens (tertiary/aromatic N) is 3. The number of aromatic nitrogens is 3. The maximum Gasteiger partial charge on any atom is 0.325 e. The summed E-state index contributed by atoms with van der Waals surface area (Å²) in [6, 6.07) is 8.07. The van der Waals surface area contributed by atoms with Gasteiger partial charge in [0.15, 0.2) is 11.0 Å². The number of hydrogen-bond donors (Lipinski definition) is 1. The van der Waals surface area contributed by atoms with Gasteiger partial charge < -0.3 is 14.6 Å². The number of esters is 1. The molecule has 0 radical (unpaired) electrons. The van der Waals surface area contributed by atoms with Crippen LogP contribution in [-0.4, -0.2) is 45.5 Å². The van der Waals surface area contributed by atoms with Crippen molar-refractivity contribution in [2.45, 2.75) is 32.5 Å². The Morgan fingerprint density at radius 3 is 2.56 bits per heavy atom. The molecular formula is C17H22N4O3S. The number of nitrogens with one attached hydrogen (secondary N) is 1. The third kappa shape index (κ3) is 5.32. The molecule has 2 rings (SSSR count). The first-order chi connectivity index (χ1) is 12.0. The predicted molar refractivity (Wildman–Crippen MR) is 96.2 cm³/mol. The monoisotopic (exact) mass is 362 g/mol. The van der Waals surface area contributed by atoms with Crippen molar-refractivity contribution >= 4 is 23.6 Å². The van der Waals surface area contributed by atoms with Crippen LogP contribution in [0.3, 0.4) is 0 Å². The topological polar surface area (TPSA) is 86.1 Å². The molecule has 0 aliphatic heterocycles. The van der Waals surface area contributed by atoms with Crippen molar-refractivity contribution in [3.05, 3.63) is 29.8 Å². The lowest BCUT2D eigenvalue weighted by Gasteiger charge is -2.08. The summed E-state index contributed by atoms with van der Waals surface area (Å²) < 4.78 is 6.73. The Morgan fingerprint density at radius 2 is 1.92 bits per heavy atom. The van der Waals surface area contributed by atoms with Gasteiger partial charge in [-0.15, -0.1) is 10.2 Å². The van der Waals surface area contributed by atoms with E-state index >= 15 is 0 Å². The van der Waals surface area contributed by atoms with Crippen LogP contribution >= 0.6 is 11.8 Å². The average Bonchev–Trinajstić information content (AvgIpc) is 3.02. The van der Waals surface area contributed by atoms with E-state index in [0.717, 1.165) is 11.4 Å². The summed E-state index contributed by atoms with van der Waals surface area (Å²) in [7, 11) is 0. The third-order valence-corrected chi connectivity index (χ3v) is 4.38. The summed E-state index contributed by atoms with van der Waals surface area (Å²) in [6.45, 7) is 6.63. The zero-order chi connectivity index (χ0) is 18.2. The van der Waals surface area contributed by atoms with E-state index in [1.165, 1.54) is 17.3 Å². The van der Waals surface area contributed by atoms with Crippen LogP contribution in [0, 0.1) is 6.92 Å². The maximum atomic E-state index is 11.8. The molecule has 1 aromatic heterocycles. The van der Waals surface area contributed by atoms with Gasteiger partial charge in [0.05, 0.1) is 12.4 Å². The van der Waals surface area contributed by atoms with Gasteiger partial charge in [-0.25, -0.2) is 0 Å². The number of carbonyl (C=O) groups is 2. The summed E-state index contributed by atoms with van der Waals surface area (Å²) in [5, 5.41) is 11.6. The quantitative estimate of drug-likeness (QED) is 0.571. The summed E-state index contributed by atoms with van der Waals surface area (Å²) in [4.78, 5) is 23.1. The van der Waals surface area contributed by atoms with Gasteiger partial charge in [0, 0.05) is 12.1 Å². The van der Waals surface area contributed by atoms with Crippen LogP contribution in [0.4, 0.5) is 0 Å². The number of ether oxygens (including phenoxy) is 1. The number of rotatable bonds is 8. The Morgan fingerprint density at radius 1 is 1.20 bits per heavy atom. The van der Waals surface area contributed by atoms with Crippen LogP contribution in [-0.2, 0) is 20.9 Å². The van der Waals surface area contributed by atoms with Crippen LogP contribution in [0.1, 0.15) is 19.4 Å². The number of hydrogen-bond acceptors (Lipinski definition) is 6. The van der Waals surface area contributed by atoms with Crippen molar-refractivity contribution in [3.8, 4) is 11.4 Å². The molecular weight excluding hydrogens is 340 g/mol. The fourth-order valence-corrected chi connectivity index (χ4v) is 2.99. The van der Waals surface area contributed by atoms with E-state index in [-0.39, 0.29) is 18.2 Å². The molecule has 8 heteroatoms. The molecule has 134 valence electrons. The van der Waals surface area contributed by atoms with E-state index in [1.54, 1.807) is 6.92 Å². The molecule has 0 fully saturated rings. The molecule has 0 saturated carbocycles. The highest BCUT2D eigenvalue weighted by atomic mass is 32.2. The van der Waals surface area contributed by atoms with E-state index in [2.05, 4.69) is 15.5 Å². The van der Waals surface area contributed by atoms with Gasteiger partial charge in [-0.1, -0.05) is 41.6 Å². The molecule has 0 saturated heterocycles. The first-order valence-corrected chi connectivity index (χ1v) is 9.09. The third-order valence-electron chi connectivity index (χ3n) is 3.41. The number of amides is 1. The van der Waals surface area contributed by atoms with Crippen LogP contribution in [0.5, 0.6) is 0 Å². The minimum absolute atomic E-state index is 0.123. The van der Waals surface area contributed by atoms with Crippen molar-refractivity contribution in [1.29, 1.82) is 0 Å². The Labute approximate surface area is 151 Å². The number of carbonyl (C=O) groups excluding carboxylic acids is 2. The van der Waals surface area contributed by atoms with E-state index in [4.69, 9.17) is 4.74 Å². The minimum Gasteiger partial charge on any atom is -0.465 e. The highest BCUT2D eigenvalue weighted by Crippen LogP contribution is 2.24. The summed E-state index contributed by atoms with van der Waals surface area (Å²) in [6.07, 6.45) is 0. The summed E-state index contributed by atoms with van der Waals surface area (Å²) in [5.41, 5.74) is 2.16. The average molecular weight is 362 g/mol. The van der Waals surface area contributed by atoms with Crippen LogP contribution in [0.2, 0.25) is 0 Å². The Kier molecular flexibility index (Phi) is 7.00. The number of thioether (sulfide) groups is 1. The molecule has 1 amide bonds. The lowest BCUT2D eigenvalue weighted by Crippen LogP contribution is -2.31. The zero-order valence-corrected chi connectivity index (χ0v) is 15.4. The molecule has 0 unspecified atom stereocenters. The van der Waals surface area contributed by atoms with Gasteiger partial charge in [-0.2, -0.15) is 0 Å². The molecule has 2 aromatic rings. The molecule has 0 spiro atoms. The maximum absolute atomic E-state index is 11.8. The molecule has 7 nitrogen and oxygen atoms in total. The SMILES string of the molecule is CCOC(=O)CNC(=O)CSc1nnc(-c2ccc(C)cc2)n1CC. The minimum atomic E-state index is -0.445. The second kappa shape index (κ2) is 9.22. The molecule has 0 aliphatic rings. The van der Waals surface area contributed by atoms with Crippen molar-refractivity contribution in [2.75, 3.05) is 18.9 Å². The smallest absolute Gasteiger partial charge is 0.325 e. The zero-order valence-electron chi connectivity index (χ0n) is 14.6. The van der Waals surface area contributed by atoms with Crippen molar-refractivity contribution in [2.24, 2.45) is 0 Å². The van der Waals surface area contributed by atoms with E-state index in [1.807, 2.05) is 42.7 Å². The van der Waals surface area contributed by atoms with Crippen LogP contribution in [0.15, 0.2) is 29.4 Å². The molecule has 1 N–H and O–H groups in total. The Bertz CT molecular complexity index is 728. The lowest BCUT2D eigenvalue weighted by molar-refractivity contribution is -0.143. The van der Waals surface area contributed by atoms with Crippen LogP contribution < -0.4 is 5.32 Å². The molecule has 0 aliphatic carbocycles. The Hall–Kier alpha value is -2.35. The molecule has 0 bridgehead atoms. The second-order valence-corrected chi connectivity index (χ2v) is 6.23. The molecule has 25 heavy (non-hydrogen) atoms. The molecule has 1 aromatic carbocycles. The van der Waals surface area contributed by atoms with Crippen molar-refractivity contribution in [1.82, 2.24) is 20.1 Å². The van der Waals surface area contributed by atoms with Gasteiger partial charge >= 0.3 is 5.97 Å². The van der Waals surface area contributed by atoms with E-state index < -0.39 is 5.97 Å². The summed E-state index contributed by atoms with van der Waals surface area (Å²) in [5.74, 6) is 0.239.